The Morgan fingerprint density at radius 2 is 1.69 bits per heavy atom. The van der Waals surface area contributed by atoms with Crippen LogP contribution in [0.1, 0.15) is 24.0 Å². The zero-order valence-electron chi connectivity index (χ0n) is 17.5. The Hall–Kier alpha value is -3.15. The lowest BCUT2D eigenvalue weighted by Crippen LogP contribution is -2.45. The highest BCUT2D eigenvalue weighted by Crippen LogP contribution is 2.35. The first-order chi connectivity index (χ1) is 15.5. The summed E-state index contributed by atoms with van der Waals surface area (Å²) in [7, 11) is 0. The molecule has 1 N–H and O–H groups in total. The molecule has 5 rings (SSSR count). The molecule has 162 valence electrons. The number of benzene rings is 3. The molecule has 0 radical (unpaired) electrons. The second-order valence-corrected chi connectivity index (χ2v) is 8.73. The lowest BCUT2D eigenvalue weighted by molar-refractivity contribution is -0.135. The van der Waals surface area contributed by atoms with Gasteiger partial charge in [0, 0.05) is 23.7 Å². The van der Waals surface area contributed by atoms with Gasteiger partial charge in [0.25, 0.3) is 0 Å². The van der Waals surface area contributed by atoms with E-state index in [4.69, 9.17) is 16.1 Å². The summed E-state index contributed by atoms with van der Waals surface area (Å²) >= 11 is 6.39. The van der Waals surface area contributed by atoms with Crippen LogP contribution in [0.4, 0.5) is 0 Å². The van der Waals surface area contributed by atoms with Crippen LogP contribution in [0.15, 0.2) is 77.3 Å². The van der Waals surface area contributed by atoms with E-state index in [0.29, 0.717) is 42.2 Å². The number of aliphatic hydroxyl groups is 1. The summed E-state index contributed by atoms with van der Waals surface area (Å²) in [6.45, 7) is 1.00. The minimum Gasteiger partial charge on any atom is -0.385 e. The summed E-state index contributed by atoms with van der Waals surface area (Å²) in [6, 6.07) is 23.0. The number of nitrogens with zero attached hydrogens (tertiary/aromatic N) is 2. The van der Waals surface area contributed by atoms with Crippen molar-refractivity contribution in [3.8, 4) is 11.3 Å². The van der Waals surface area contributed by atoms with Crippen LogP contribution in [0.3, 0.4) is 0 Å². The molecule has 32 heavy (non-hydrogen) atoms. The molecular formula is C26H23ClN2O3. The van der Waals surface area contributed by atoms with Crippen LogP contribution in [0.2, 0.25) is 5.02 Å². The van der Waals surface area contributed by atoms with Crippen molar-refractivity contribution >= 4 is 28.4 Å². The van der Waals surface area contributed by atoms with Crippen LogP contribution in [0, 0.1) is 0 Å². The molecule has 0 aliphatic carbocycles. The quantitative estimate of drug-likeness (QED) is 0.468. The zero-order valence-corrected chi connectivity index (χ0v) is 18.3. The second-order valence-electron chi connectivity index (χ2n) is 8.29. The minimum absolute atomic E-state index is 0.00654. The molecule has 0 saturated carbocycles. The van der Waals surface area contributed by atoms with Gasteiger partial charge in [-0.15, -0.1) is 0 Å². The molecule has 1 amide bonds. The molecule has 1 aliphatic rings. The Morgan fingerprint density at radius 3 is 2.38 bits per heavy atom. The molecule has 1 aromatic heterocycles. The highest BCUT2D eigenvalue weighted by Gasteiger charge is 2.35. The maximum absolute atomic E-state index is 13.1. The number of amides is 1. The van der Waals surface area contributed by atoms with E-state index in [1.807, 2.05) is 71.6 Å². The van der Waals surface area contributed by atoms with E-state index in [-0.39, 0.29) is 12.3 Å². The molecule has 0 unspecified atom stereocenters. The van der Waals surface area contributed by atoms with Crippen molar-refractivity contribution in [2.75, 3.05) is 13.1 Å². The van der Waals surface area contributed by atoms with Crippen LogP contribution in [0.5, 0.6) is 0 Å². The van der Waals surface area contributed by atoms with Crippen molar-refractivity contribution in [3.63, 3.8) is 0 Å². The Kier molecular flexibility index (Phi) is 5.45. The third-order valence-electron chi connectivity index (χ3n) is 6.26. The average molecular weight is 447 g/mol. The van der Waals surface area contributed by atoms with Gasteiger partial charge in [0.1, 0.15) is 5.52 Å². The van der Waals surface area contributed by atoms with Crippen LogP contribution >= 0.6 is 11.6 Å². The van der Waals surface area contributed by atoms with Gasteiger partial charge in [-0.05, 0) is 36.1 Å². The maximum atomic E-state index is 13.1. The Labute approximate surface area is 191 Å². The summed E-state index contributed by atoms with van der Waals surface area (Å²) < 4.78 is 5.63. The number of aromatic nitrogens is 1. The van der Waals surface area contributed by atoms with Gasteiger partial charge < -0.3 is 14.5 Å². The number of fused-ring (bicyclic) bond motifs is 1. The van der Waals surface area contributed by atoms with Gasteiger partial charge in [-0.2, -0.15) is 0 Å². The monoisotopic (exact) mass is 446 g/mol. The number of piperidine rings is 1. The summed E-state index contributed by atoms with van der Waals surface area (Å²) in [5.41, 5.74) is 2.31. The number of carbonyl (C=O) groups is 1. The summed E-state index contributed by atoms with van der Waals surface area (Å²) in [5, 5.41) is 16.6. The van der Waals surface area contributed by atoms with Crippen LogP contribution < -0.4 is 0 Å². The normalized spacial score (nSPS) is 15.8. The Balaban J connectivity index is 1.35. The fraction of sp³-hybridized carbons (Fsp3) is 0.231. The van der Waals surface area contributed by atoms with Crippen LogP contribution in [-0.4, -0.2) is 34.2 Å². The van der Waals surface area contributed by atoms with Crippen molar-refractivity contribution in [3.05, 3.63) is 88.9 Å². The standard InChI is InChI=1S/C26H23ClN2O3/c27-21-15-19(24-22(17-21)25(32-28-24)18-7-3-1-4-8-18)16-23(30)29-13-11-26(31,12-14-29)20-9-5-2-6-10-20/h1-10,15,17,31H,11-14,16H2. The summed E-state index contributed by atoms with van der Waals surface area (Å²) in [5.74, 6) is 0.635. The predicted molar refractivity (Wildman–Crippen MR) is 124 cm³/mol. The van der Waals surface area contributed by atoms with Gasteiger partial charge in [0.2, 0.25) is 5.91 Å². The van der Waals surface area contributed by atoms with Crippen LogP contribution in [-0.2, 0) is 16.8 Å². The van der Waals surface area contributed by atoms with E-state index in [9.17, 15) is 9.90 Å². The largest absolute Gasteiger partial charge is 0.385 e. The summed E-state index contributed by atoms with van der Waals surface area (Å²) in [6.07, 6.45) is 1.20. The SMILES string of the molecule is O=C(Cc1cc(Cl)cc2c(-c3ccccc3)onc12)N1CCC(O)(c2ccccc2)CC1. The molecule has 1 fully saturated rings. The van der Waals surface area contributed by atoms with Crippen molar-refractivity contribution in [1.82, 2.24) is 10.1 Å². The van der Waals surface area contributed by atoms with Gasteiger partial charge in [-0.3, -0.25) is 4.79 Å². The maximum Gasteiger partial charge on any atom is 0.227 e. The highest BCUT2D eigenvalue weighted by atomic mass is 35.5. The highest BCUT2D eigenvalue weighted by molar-refractivity contribution is 6.31. The first kappa shape index (κ1) is 20.7. The lowest BCUT2D eigenvalue weighted by atomic mass is 9.84. The topological polar surface area (TPSA) is 66.6 Å². The van der Waals surface area contributed by atoms with Gasteiger partial charge >= 0.3 is 0 Å². The van der Waals surface area contributed by atoms with E-state index in [0.717, 1.165) is 22.1 Å². The number of halogens is 1. The summed E-state index contributed by atoms with van der Waals surface area (Å²) in [4.78, 5) is 14.9. The van der Waals surface area contributed by atoms with Crippen LogP contribution in [0.25, 0.3) is 22.2 Å². The smallest absolute Gasteiger partial charge is 0.227 e. The Bertz CT molecular complexity index is 1250. The van der Waals surface area contributed by atoms with Gasteiger partial charge in [-0.1, -0.05) is 77.4 Å². The molecule has 0 spiro atoms. The Morgan fingerprint density at radius 1 is 1.03 bits per heavy atom. The molecule has 1 saturated heterocycles. The number of hydrogen-bond donors (Lipinski definition) is 1. The van der Waals surface area contributed by atoms with Crippen molar-refractivity contribution in [1.29, 1.82) is 0 Å². The number of hydrogen-bond acceptors (Lipinski definition) is 4. The molecule has 4 aromatic rings. The molecule has 3 aromatic carbocycles. The van der Waals surface area contributed by atoms with Crippen molar-refractivity contribution < 1.29 is 14.4 Å². The van der Waals surface area contributed by atoms with E-state index in [2.05, 4.69) is 5.16 Å². The van der Waals surface area contributed by atoms with Gasteiger partial charge in [-0.25, -0.2) is 0 Å². The zero-order chi connectivity index (χ0) is 22.1. The third kappa shape index (κ3) is 3.90. The molecule has 5 nitrogen and oxygen atoms in total. The first-order valence-corrected chi connectivity index (χ1v) is 11.1. The van der Waals surface area contributed by atoms with Gasteiger partial charge in [0.15, 0.2) is 5.76 Å². The molecule has 1 aliphatic heterocycles. The minimum atomic E-state index is -0.891. The van der Waals surface area contributed by atoms with Crippen molar-refractivity contribution in [2.45, 2.75) is 24.9 Å². The van der Waals surface area contributed by atoms with E-state index in [1.54, 1.807) is 6.07 Å². The molecule has 0 atom stereocenters. The van der Waals surface area contributed by atoms with E-state index >= 15 is 0 Å². The fourth-order valence-electron chi connectivity index (χ4n) is 4.45. The third-order valence-corrected chi connectivity index (χ3v) is 6.48. The fourth-order valence-corrected chi connectivity index (χ4v) is 4.69. The molecule has 2 heterocycles. The number of likely N-dealkylation sites (tertiary alicyclic amines) is 1. The molecular weight excluding hydrogens is 424 g/mol. The second kappa shape index (κ2) is 8.41. The van der Waals surface area contributed by atoms with E-state index < -0.39 is 5.60 Å². The predicted octanol–water partition coefficient (Wildman–Crippen LogP) is 5.20. The van der Waals surface area contributed by atoms with Gasteiger partial charge in [0.05, 0.1) is 17.4 Å². The molecule has 0 bridgehead atoms. The average Bonchev–Trinajstić information content (AvgIpc) is 3.24. The molecule has 6 heteroatoms. The number of rotatable bonds is 4. The first-order valence-electron chi connectivity index (χ1n) is 10.7. The lowest BCUT2D eigenvalue weighted by Gasteiger charge is -2.38. The van der Waals surface area contributed by atoms with E-state index in [1.165, 1.54) is 0 Å². The number of carbonyl (C=O) groups excluding carboxylic acids is 1. The van der Waals surface area contributed by atoms with Crippen molar-refractivity contribution in [2.24, 2.45) is 0 Å².